The van der Waals surface area contributed by atoms with E-state index in [1.165, 1.54) is 12.1 Å². The highest BCUT2D eigenvalue weighted by Gasteiger charge is 2.14. The first-order chi connectivity index (χ1) is 12.2. The molecule has 0 radical (unpaired) electrons. The van der Waals surface area contributed by atoms with Gasteiger partial charge in [0.1, 0.15) is 5.75 Å². The first kappa shape index (κ1) is 32.2. The zero-order chi connectivity index (χ0) is 21.3. The number of aliphatic hydroxyl groups is 2. The maximum atomic E-state index is 10.3. The number of benzene rings is 1. The monoisotopic (exact) mass is 394 g/mol. The predicted octanol–water partition coefficient (Wildman–Crippen LogP) is 3.56. The van der Waals surface area contributed by atoms with Crippen LogP contribution in [0.2, 0.25) is 0 Å². The van der Waals surface area contributed by atoms with Crippen LogP contribution in [-0.2, 0) is 9.30 Å². The molecule has 1 rings (SSSR count). The third-order valence-corrected chi connectivity index (χ3v) is 1.92. The van der Waals surface area contributed by atoms with Gasteiger partial charge >= 0.3 is 7.82 Å². The van der Waals surface area contributed by atoms with E-state index in [0.717, 1.165) is 13.2 Å². The van der Waals surface area contributed by atoms with Gasteiger partial charge in [-0.05, 0) is 39.8 Å². The average molecular weight is 394 g/mol. The molecule has 154 valence electrons. The zero-order valence-electron chi connectivity index (χ0n) is 16.2. The highest BCUT2D eigenvalue weighted by molar-refractivity contribution is 7.46. The largest absolute Gasteiger partial charge is 0.524 e. The molecule has 7 nitrogen and oxygen atoms in total. The van der Waals surface area contributed by atoms with E-state index in [4.69, 9.17) is 24.7 Å². The van der Waals surface area contributed by atoms with Gasteiger partial charge in [-0.15, -0.1) is 13.2 Å². The molecule has 0 aliphatic carbocycles. The number of phosphoric ester groups is 1. The molecule has 0 unspecified atom stereocenters. The topological polar surface area (TPSA) is 116 Å². The van der Waals surface area contributed by atoms with Gasteiger partial charge in [-0.25, -0.2) is 4.57 Å². The van der Waals surface area contributed by atoms with E-state index in [2.05, 4.69) is 17.7 Å². The first-order valence-corrected chi connectivity index (χ1v) is 9.51. The van der Waals surface area contributed by atoms with E-state index in [0.29, 0.717) is 0 Å². The number of allylic oxidation sites excluding steroid dienone is 2. The number of hydrogen-bond donors (Lipinski definition) is 4. The van der Waals surface area contributed by atoms with E-state index in [-0.39, 0.29) is 19.0 Å². The van der Waals surface area contributed by atoms with Crippen LogP contribution in [0.1, 0.15) is 27.7 Å². The molecule has 0 saturated carbocycles. The summed E-state index contributed by atoms with van der Waals surface area (Å²) in [4.78, 5) is 16.7. The van der Waals surface area contributed by atoms with Crippen LogP contribution in [0.15, 0.2) is 55.6 Å². The Kier molecular flexibility index (Phi) is 35.1. The van der Waals surface area contributed by atoms with Crippen LogP contribution in [0.4, 0.5) is 0 Å². The molecule has 1 aromatic rings. The summed E-state index contributed by atoms with van der Waals surface area (Å²) in [6, 6.07) is 7.93. The Labute approximate surface area is 157 Å². The molecule has 0 aliphatic heterocycles. The minimum atomic E-state index is -4.39. The summed E-state index contributed by atoms with van der Waals surface area (Å²) in [5.41, 5.74) is 0. The van der Waals surface area contributed by atoms with E-state index < -0.39 is 7.82 Å². The summed E-state index contributed by atoms with van der Waals surface area (Å²) in [7, 11) is -4.39. The highest BCUT2D eigenvalue weighted by Crippen LogP contribution is 2.36. The number of aliphatic hydroxyl groups excluding tert-OH is 2. The Morgan fingerprint density at radius 1 is 0.962 bits per heavy atom. The Morgan fingerprint density at radius 2 is 1.31 bits per heavy atom. The Morgan fingerprint density at radius 3 is 1.50 bits per heavy atom. The van der Waals surface area contributed by atoms with Crippen molar-refractivity contribution in [1.29, 1.82) is 0 Å². The van der Waals surface area contributed by atoms with Crippen molar-refractivity contribution in [2.75, 3.05) is 26.4 Å². The summed E-state index contributed by atoms with van der Waals surface area (Å²) >= 11 is 0. The van der Waals surface area contributed by atoms with Gasteiger partial charge in [0.15, 0.2) is 0 Å². The molecule has 26 heavy (non-hydrogen) atoms. The van der Waals surface area contributed by atoms with E-state index in [1.54, 1.807) is 30.4 Å². The Bertz CT molecular complexity index is 409. The molecule has 0 spiro atoms. The molecule has 0 bridgehead atoms. The van der Waals surface area contributed by atoms with Crippen molar-refractivity contribution in [2.45, 2.75) is 27.7 Å². The molecule has 0 aromatic heterocycles. The van der Waals surface area contributed by atoms with Crippen LogP contribution in [-0.4, -0.2) is 46.4 Å². The minimum Gasteiger partial charge on any atom is -0.404 e. The summed E-state index contributed by atoms with van der Waals surface area (Å²) in [5.74, 6) is 0.167. The minimum absolute atomic E-state index is 0.125. The second-order valence-corrected chi connectivity index (χ2v) is 5.10. The molecule has 0 amide bonds. The maximum absolute atomic E-state index is 10.3. The lowest BCUT2D eigenvalue weighted by atomic mass is 10.3. The molecular formula is C18H35O7P. The fourth-order valence-corrected chi connectivity index (χ4v) is 1.22. The number of phosphoric acid groups is 1. The van der Waals surface area contributed by atoms with Crippen LogP contribution in [0, 0.1) is 0 Å². The van der Waals surface area contributed by atoms with Crippen molar-refractivity contribution in [3.63, 3.8) is 0 Å². The van der Waals surface area contributed by atoms with Crippen LogP contribution in [0.5, 0.6) is 5.75 Å². The molecule has 8 heteroatoms. The van der Waals surface area contributed by atoms with Crippen molar-refractivity contribution in [1.82, 2.24) is 0 Å². The van der Waals surface area contributed by atoms with Gasteiger partial charge in [0, 0.05) is 13.2 Å². The Balaban J connectivity index is -0.000000136. The van der Waals surface area contributed by atoms with Crippen LogP contribution >= 0.6 is 7.82 Å². The lowest BCUT2D eigenvalue weighted by molar-refractivity contribution is 0.162. The highest BCUT2D eigenvalue weighted by atomic mass is 31.2. The molecule has 0 aliphatic rings. The van der Waals surface area contributed by atoms with Gasteiger partial charge < -0.3 is 19.5 Å². The standard InChI is InChI=1S/C6H7O4P.C4H10O.2C3H6.C2H6O2/c7-11(8,9)10-6-4-2-1-3-5-6;1-3-5-4-2;2*1-3-2;3-1-2-4/h1-5H,(H2,7,8,9);3-4H2,1-2H3;2*3H,1H2,2H3;3-4H,1-2H2. The van der Waals surface area contributed by atoms with Gasteiger partial charge in [0.2, 0.25) is 0 Å². The third kappa shape index (κ3) is 49.5. The molecular weight excluding hydrogens is 359 g/mol. The third-order valence-electron chi connectivity index (χ3n) is 1.48. The predicted molar refractivity (Wildman–Crippen MR) is 107 cm³/mol. The molecule has 0 atom stereocenters. The summed E-state index contributed by atoms with van der Waals surface area (Å²) < 4.78 is 19.4. The normalized spacial score (nSPS) is 8.46. The van der Waals surface area contributed by atoms with Crippen molar-refractivity contribution in [2.24, 2.45) is 0 Å². The summed E-state index contributed by atoms with van der Waals surface area (Å²) in [6.45, 7) is 15.9. The van der Waals surface area contributed by atoms with Crippen LogP contribution < -0.4 is 4.52 Å². The van der Waals surface area contributed by atoms with E-state index in [1.807, 2.05) is 27.7 Å². The quantitative estimate of drug-likeness (QED) is 0.446. The maximum Gasteiger partial charge on any atom is 0.524 e. The fraction of sp³-hybridized carbons (Fsp3) is 0.444. The number of ether oxygens (including phenoxy) is 1. The lowest BCUT2D eigenvalue weighted by Crippen LogP contribution is -1.88. The smallest absolute Gasteiger partial charge is 0.404 e. The van der Waals surface area contributed by atoms with Gasteiger partial charge in [-0.2, -0.15) is 0 Å². The number of hydrogen-bond acceptors (Lipinski definition) is 5. The van der Waals surface area contributed by atoms with Gasteiger partial charge in [-0.1, -0.05) is 30.4 Å². The van der Waals surface area contributed by atoms with Gasteiger partial charge in [0.05, 0.1) is 13.2 Å². The average Bonchev–Trinajstić information content (AvgIpc) is 2.57. The summed E-state index contributed by atoms with van der Waals surface area (Å²) in [5, 5.41) is 15.2. The van der Waals surface area contributed by atoms with Crippen molar-refractivity contribution >= 4 is 7.82 Å². The van der Waals surface area contributed by atoms with Gasteiger partial charge in [0.25, 0.3) is 0 Å². The van der Waals surface area contributed by atoms with Crippen molar-refractivity contribution in [3.8, 4) is 5.75 Å². The lowest BCUT2D eigenvalue weighted by Gasteiger charge is -2.04. The van der Waals surface area contributed by atoms with E-state index >= 15 is 0 Å². The summed E-state index contributed by atoms with van der Waals surface area (Å²) in [6.07, 6.45) is 3.50. The second kappa shape index (κ2) is 28.3. The zero-order valence-corrected chi connectivity index (χ0v) is 17.1. The fourth-order valence-electron chi connectivity index (χ4n) is 0.823. The second-order valence-electron chi connectivity index (χ2n) is 3.94. The molecule has 0 fully saturated rings. The first-order valence-electron chi connectivity index (χ1n) is 7.98. The van der Waals surface area contributed by atoms with Crippen molar-refractivity contribution in [3.05, 3.63) is 55.6 Å². The molecule has 0 heterocycles. The van der Waals surface area contributed by atoms with E-state index in [9.17, 15) is 4.57 Å². The Hall–Kier alpha value is -1.47. The number of rotatable bonds is 5. The van der Waals surface area contributed by atoms with Crippen molar-refractivity contribution < 1.29 is 33.8 Å². The molecule has 4 N–H and O–H groups in total. The number of para-hydroxylation sites is 1. The van der Waals surface area contributed by atoms with Gasteiger partial charge in [-0.3, -0.25) is 9.79 Å². The molecule has 1 aromatic carbocycles. The van der Waals surface area contributed by atoms with Crippen LogP contribution in [0.25, 0.3) is 0 Å². The molecule has 0 saturated heterocycles. The SMILES string of the molecule is C=CC.C=CC.CCOCC.O=P(O)(O)Oc1ccccc1.OCCO. The van der Waals surface area contributed by atoms with Crippen LogP contribution in [0.3, 0.4) is 0 Å².